The summed E-state index contributed by atoms with van der Waals surface area (Å²) in [5.74, 6) is -0.133. The highest BCUT2D eigenvalue weighted by Gasteiger charge is 2.72. The van der Waals surface area contributed by atoms with Gasteiger partial charge in [0.05, 0.1) is 24.2 Å². The number of nitrogens with one attached hydrogen (secondary N) is 2. The van der Waals surface area contributed by atoms with Crippen LogP contribution in [0.5, 0.6) is 0 Å². The third-order valence-electron chi connectivity index (χ3n) is 6.00. The molecule has 28 heavy (non-hydrogen) atoms. The molecule has 0 aromatic heterocycles. The smallest absolute Gasteiger partial charge is 0.317 e. The summed E-state index contributed by atoms with van der Waals surface area (Å²) in [6.07, 6.45) is 0. The Balaban J connectivity index is 2.47. The highest BCUT2D eigenvalue weighted by molar-refractivity contribution is 5.94. The number of carbonyl (C=O) groups excluding carboxylic acids is 2. The molecule has 0 radical (unpaired) electrons. The normalized spacial score (nSPS) is 34.8. The first-order valence-corrected chi connectivity index (χ1v) is 9.00. The van der Waals surface area contributed by atoms with E-state index in [9.17, 15) is 24.9 Å². The Morgan fingerprint density at radius 1 is 1.25 bits per heavy atom. The first kappa shape index (κ1) is 22.1. The fourth-order valence-corrected chi connectivity index (χ4v) is 3.72. The van der Waals surface area contributed by atoms with Crippen molar-refractivity contribution in [2.75, 3.05) is 26.0 Å². The molecule has 0 heterocycles. The quantitative estimate of drug-likeness (QED) is 0.369. The summed E-state index contributed by atoms with van der Waals surface area (Å²) in [4.78, 5) is 25.2. The van der Waals surface area contributed by atoms with E-state index in [4.69, 9.17) is 5.73 Å². The van der Waals surface area contributed by atoms with Gasteiger partial charge in [-0.25, -0.2) is 4.79 Å². The van der Waals surface area contributed by atoms with Crippen LogP contribution in [0.2, 0.25) is 0 Å². The van der Waals surface area contributed by atoms with Crippen molar-refractivity contribution in [1.29, 1.82) is 0 Å². The zero-order chi connectivity index (χ0) is 21.5. The summed E-state index contributed by atoms with van der Waals surface area (Å²) >= 11 is 0. The number of amides is 2. The fraction of sp³-hybridized carbons (Fsp3) is 0.579. The molecule has 2 rings (SSSR count). The molecule has 0 spiro atoms. The molecule has 1 fully saturated rings. The Kier molecular flexibility index (Phi) is 5.78. The first-order valence-electron chi connectivity index (χ1n) is 9.00. The van der Waals surface area contributed by atoms with Crippen LogP contribution in [0.3, 0.4) is 0 Å². The lowest BCUT2D eigenvalue weighted by Gasteiger charge is -2.45. The number of nitrogens with two attached hydrogens (primary N) is 1. The number of benzene rings is 1. The lowest BCUT2D eigenvalue weighted by Crippen LogP contribution is -2.70. The molecule has 156 valence electrons. The molecule has 9 nitrogen and oxygen atoms in total. The van der Waals surface area contributed by atoms with E-state index in [1.165, 1.54) is 39.8 Å². The van der Waals surface area contributed by atoms with Crippen molar-refractivity contribution in [3.63, 3.8) is 0 Å². The summed E-state index contributed by atoms with van der Waals surface area (Å²) < 4.78 is 0. The predicted octanol–water partition coefficient (Wildman–Crippen LogP) is -0.485. The minimum Gasteiger partial charge on any atom is -0.393 e. The van der Waals surface area contributed by atoms with E-state index in [0.29, 0.717) is 11.3 Å². The van der Waals surface area contributed by atoms with Gasteiger partial charge in [-0.05, 0) is 32.9 Å². The van der Waals surface area contributed by atoms with Gasteiger partial charge in [-0.2, -0.15) is 0 Å². The minimum atomic E-state index is -2.08. The number of urea groups is 1. The van der Waals surface area contributed by atoms with Crippen LogP contribution in [0, 0.1) is 0 Å². The van der Waals surface area contributed by atoms with Crippen LogP contribution in [0.1, 0.15) is 31.1 Å². The van der Waals surface area contributed by atoms with E-state index >= 15 is 0 Å². The van der Waals surface area contributed by atoms with E-state index in [0.717, 1.165) is 0 Å². The van der Waals surface area contributed by atoms with Gasteiger partial charge in [-0.15, -0.1) is 0 Å². The van der Waals surface area contributed by atoms with Crippen molar-refractivity contribution in [3.8, 4) is 0 Å². The van der Waals surface area contributed by atoms with Gasteiger partial charge in [0.1, 0.15) is 11.2 Å². The Labute approximate surface area is 164 Å². The van der Waals surface area contributed by atoms with E-state index < -0.39 is 41.5 Å². The average Bonchev–Trinajstić information content (AvgIpc) is 2.73. The molecular weight excluding hydrogens is 364 g/mol. The topological polar surface area (TPSA) is 148 Å². The number of hydrogen-bond donors (Lipinski definition) is 6. The van der Waals surface area contributed by atoms with Crippen molar-refractivity contribution < 1.29 is 24.9 Å². The van der Waals surface area contributed by atoms with Crippen LogP contribution in [-0.4, -0.2) is 81.6 Å². The Bertz CT molecular complexity index is 768. The highest BCUT2D eigenvalue weighted by atomic mass is 16.4. The largest absolute Gasteiger partial charge is 0.393 e. The van der Waals surface area contributed by atoms with Gasteiger partial charge in [-0.3, -0.25) is 4.79 Å². The lowest BCUT2D eigenvalue weighted by atomic mass is 9.77. The standard InChI is InChI=1S/C19H30N4O5/c1-11(25)12-7-6-8-13(9-12)21-15-14(20)17(2,22-16(26)23(4)5)18(3,27)19(15,28)10-24/h6-9,14-15,21,24,27-28H,10,20H2,1-5H3,(H,22,26)/t14-,15-,17-,18+,19+/m1/s1. The highest BCUT2D eigenvalue weighted by Crippen LogP contribution is 2.46. The summed E-state index contributed by atoms with van der Waals surface area (Å²) in [6.45, 7) is 3.48. The number of anilines is 1. The van der Waals surface area contributed by atoms with E-state index in [2.05, 4.69) is 10.6 Å². The molecular formula is C19H30N4O5. The number of hydrogen-bond acceptors (Lipinski definition) is 7. The second-order valence-electron chi connectivity index (χ2n) is 7.97. The molecule has 0 aliphatic heterocycles. The van der Waals surface area contributed by atoms with Gasteiger partial charge in [0.25, 0.3) is 0 Å². The molecule has 2 amide bonds. The number of rotatable bonds is 5. The van der Waals surface area contributed by atoms with E-state index in [1.54, 1.807) is 24.3 Å². The number of nitrogens with zero attached hydrogens (tertiary/aromatic N) is 1. The number of aliphatic hydroxyl groups excluding tert-OH is 1. The molecule has 0 unspecified atom stereocenters. The summed E-state index contributed by atoms with van der Waals surface area (Å²) in [5, 5.41) is 38.1. The minimum absolute atomic E-state index is 0.133. The SMILES string of the molecule is CC(=O)c1cccc(N[C@@H]2[C@@H](N)[C@@](C)(NC(=O)N(C)C)[C@](C)(O)[C@]2(O)CO)c1. The Morgan fingerprint density at radius 2 is 1.86 bits per heavy atom. The van der Waals surface area contributed by atoms with Crippen LogP contribution in [0.15, 0.2) is 24.3 Å². The van der Waals surface area contributed by atoms with Gasteiger partial charge < -0.3 is 36.6 Å². The molecule has 1 aromatic carbocycles. The third-order valence-corrected chi connectivity index (χ3v) is 6.00. The summed E-state index contributed by atoms with van der Waals surface area (Å²) in [6, 6.07) is 4.08. The second kappa shape index (κ2) is 7.32. The molecule has 1 aliphatic carbocycles. The second-order valence-corrected chi connectivity index (χ2v) is 7.97. The number of aliphatic hydroxyl groups is 3. The zero-order valence-corrected chi connectivity index (χ0v) is 16.9. The van der Waals surface area contributed by atoms with Gasteiger partial charge in [-0.1, -0.05) is 12.1 Å². The van der Waals surface area contributed by atoms with Crippen LogP contribution in [0.25, 0.3) is 0 Å². The van der Waals surface area contributed by atoms with Crippen molar-refractivity contribution in [3.05, 3.63) is 29.8 Å². The molecule has 5 atom stereocenters. The van der Waals surface area contributed by atoms with Gasteiger partial charge in [0.2, 0.25) is 0 Å². The molecule has 9 heteroatoms. The Hall–Kier alpha value is -2.20. The van der Waals surface area contributed by atoms with Crippen LogP contribution in [-0.2, 0) is 0 Å². The number of Topliss-reactive ketones (excluding diaryl/α,β-unsaturated/α-hetero) is 1. The number of ketones is 1. The maximum atomic E-state index is 12.3. The van der Waals surface area contributed by atoms with Crippen molar-refractivity contribution in [1.82, 2.24) is 10.2 Å². The van der Waals surface area contributed by atoms with Gasteiger partial charge in [0.15, 0.2) is 5.78 Å². The maximum absolute atomic E-state index is 12.3. The number of carbonyl (C=O) groups is 2. The molecule has 1 saturated carbocycles. The van der Waals surface area contributed by atoms with Crippen molar-refractivity contribution in [2.24, 2.45) is 5.73 Å². The summed E-state index contributed by atoms with van der Waals surface area (Å²) in [7, 11) is 3.07. The fourth-order valence-electron chi connectivity index (χ4n) is 3.72. The molecule has 0 saturated heterocycles. The third kappa shape index (κ3) is 3.24. The lowest BCUT2D eigenvalue weighted by molar-refractivity contribution is -0.168. The van der Waals surface area contributed by atoms with Crippen LogP contribution < -0.4 is 16.4 Å². The van der Waals surface area contributed by atoms with Gasteiger partial charge >= 0.3 is 6.03 Å². The van der Waals surface area contributed by atoms with Crippen molar-refractivity contribution in [2.45, 2.75) is 49.6 Å². The summed E-state index contributed by atoms with van der Waals surface area (Å²) in [5.41, 5.74) is 1.80. The molecule has 1 aliphatic rings. The Morgan fingerprint density at radius 3 is 2.36 bits per heavy atom. The van der Waals surface area contributed by atoms with Crippen molar-refractivity contribution >= 4 is 17.5 Å². The zero-order valence-electron chi connectivity index (χ0n) is 16.9. The first-order chi connectivity index (χ1) is 12.8. The van der Waals surface area contributed by atoms with E-state index in [-0.39, 0.29) is 5.78 Å². The molecule has 7 N–H and O–H groups in total. The van der Waals surface area contributed by atoms with Crippen LogP contribution >= 0.6 is 0 Å². The van der Waals surface area contributed by atoms with Gasteiger partial charge in [0, 0.05) is 25.3 Å². The average molecular weight is 394 g/mol. The maximum Gasteiger partial charge on any atom is 0.317 e. The molecule has 1 aromatic rings. The van der Waals surface area contributed by atoms with E-state index in [1.807, 2.05) is 0 Å². The monoisotopic (exact) mass is 394 g/mol. The van der Waals surface area contributed by atoms with Crippen LogP contribution in [0.4, 0.5) is 10.5 Å². The molecule has 0 bridgehead atoms. The predicted molar refractivity (Wildman–Crippen MR) is 105 cm³/mol.